The van der Waals surface area contributed by atoms with E-state index in [-0.39, 0.29) is 6.04 Å². The van der Waals surface area contributed by atoms with Crippen LogP contribution in [-0.2, 0) is 14.8 Å². The molecule has 1 aromatic carbocycles. The van der Waals surface area contributed by atoms with E-state index in [0.29, 0.717) is 47.5 Å². The second-order valence-electron chi connectivity index (χ2n) is 7.49. The summed E-state index contributed by atoms with van der Waals surface area (Å²) < 4.78 is 31.5. The standard InChI is InChI=1S/C20H20ClN5O3S/c1-12-11-29-8-7-25(12)19-15-4-6-26(30(2,27)28)20(15)24-18(23-19)16-9-13(21)10-17-14(16)3-5-22-17/h3-6,9-10,12,22H,7-8,11H2,1-2H3. The number of halogens is 1. The van der Waals surface area contributed by atoms with E-state index in [0.717, 1.165) is 22.7 Å². The largest absolute Gasteiger partial charge is 0.377 e. The number of hydrogen-bond acceptors (Lipinski definition) is 6. The minimum Gasteiger partial charge on any atom is -0.377 e. The third-order valence-electron chi connectivity index (χ3n) is 5.36. The Balaban J connectivity index is 1.83. The topological polar surface area (TPSA) is 93.1 Å². The van der Waals surface area contributed by atoms with Gasteiger partial charge in [0.05, 0.1) is 30.9 Å². The van der Waals surface area contributed by atoms with Gasteiger partial charge in [-0.25, -0.2) is 22.4 Å². The molecule has 1 aliphatic heterocycles. The Morgan fingerprint density at radius 1 is 1.23 bits per heavy atom. The molecule has 1 saturated heterocycles. The predicted octanol–water partition coefficient (Wildman–Crippen LogP) is 3.27. The molecule has 3 aromatic heterocycles. The normalized spacial score (nSPS) is 17.8. The zero-order valence-electron chi connectivity index (χ0n) is 16.5. The van der Waals surface area contributed by atoms with Crippen molar-refractivity contribution in [3.8, 4) is 11.4 Å². The second-order valence-corrected chi connectivity index (χ2v) is 9.79. The summed E-state index contributed by atoms with van der Waals surface area (Å²) in [4.78, 5) is 14.9. The number of morpholine rings is 1. The molecule has 1 unspecified atom stereocenters. The lowest BCUT2D eigenvalue weighted by molar-refractivity contribution is 0.0987. The molecule has 4 heterocycles. The number of H-pyrrole nitrogens is 1. The van der Waals surface area contributed by atoms with Gasteiger partial charge >= 0.3 is 0 Å². The molecule has 0 aliphatic carbocycles. The summed E-state index contributed by atoms with van der Waals surface area (Å²) in [6.07, 6.45) is 4.51. The van der Waals surface area contributed by atoms with E-state index >= 15 is 0 Å². The number of hydrogen-bond donors (Lipinski definition) is 1. The van der Waals surface area contributed by atoms with Crippen molar-refractivity contribution in [1.82, 2.24) is 18.9 Å². The Labute approximate surface area is 178 Å². The summed E-state index contributed by atoms with van der Waals surface area (Å²) in [7, 11) is -3.53. The summed E-state index contributed by atoms with van der Waals surface area (Å²) >= 11 is 6.34. The molecule has 10 heteroatoms. The van der Waals surface area contributed by atoms with E-state index < -0.39 is 10.0 Å². The predicted molar refractivity (Wildman–Crippen MR) is 118 cm³/mol. The van der Waals surface area contributed by atoms with Crippen molar-refractivity contribution in [2.24, 2.45) is 0 Å². The smallest absolute Gasteiger partial charge is 0.237 e. The third kappa shape index (κ3) is 3.13. The second kappa shape index (κ2) is 6.97. The lowest BCUT2D eigenvalue weighted by Gasteiger charge is -2.34. The summed E-state index contributed by atoms with van der Waals surface area (Å²) in [5.74, 6) is 1.11. The molecule has 0 saturated carbocycles. The molecule has 5 rings (SSSR count). The molecule has 0 radical (unpaired) electrons. The van der Waals surface area contributed by atoms with Gasteiger partial charge in [0.25, 0.3) is 0 Å². The fraction of sp³-hybridized carbons (Fsp3) is 0.300. The maximum Gasteiger partial charge on any atom is 0.237 e. The van der Waals surface area contributed by atoms with E-state index in [1.165, 1.54) is 10.2 Å². The van der Waals surface area contributed by atoms with Crippen LogP contribution in [-0.4, -0.2) is 59.4 Å². The molecule has 156 valence electrons. The van der Waals surface area contributed by atoms with Gasteiger partial charge < -0.3 is 14.6 Å². The zero-order chi connectivity index (χ0) is 21.0. The Bertz CT molecular complexity index is 1380. The fourth-order valence-corrected chi connectivity index (χ4v) is 4.90. The molecule has 8 nitrogen and oxygen atoms in total. The average Bonchev–Trinajstić information content (AvgIpc) is 3.33. The van der Waals surface area contributed by atoms with Gasteiger partial charge in [-0.1, -0.05) is 11.6 Å². The molecule has 1 N–H and O–H groups in total. The number of benzene rings is 1. The van der Waals surface area contributed by atoms with Crippen LogP contribution in [0.4, 0.5) is 5.82 Å². The first-order valence-corrected chi connectivity index (χ1v) is 11.8. The van der Waals surface area contributed by atoms with Crippen LogP contribution in [0.25, 0.3) is 33.3 Å². The molecule has 0 spiro atoms. The third-order valence-corrected chi connectivity index (χ3v) is 6.59. The lowest BCUT2D eigenvalue weighted by Crippen LogP contribution is -2.44. The van der Waals surface area contributed by atoms with Gasteiger partial charge in [-0.2, -0.15) is 0 Å². The van der Waals surface area contributed by atoms with Crippen LogP contribution in [0.15, 0.2) is 36.7 Å². The van der Waals surface area contributed by atoms with Gasteiger partial charge in [-0.3, -0.25) is 0 Å². The van der Waals surface area contributed by atoms with Gasteiger partial charge in [0.15, 0.2) is 11.5 Å². The van der Waals surface area contributed by atoms with Gasteiger partial charge in [0.2, 0.25) is 10.0 Å². The van der Waals surface area contributed by atoms with Crippen molar-refractivity contribution >= 4 is 49.4 Å². The van der Waals surface area contributed by atoms with Gasteiger partial charge in [0, 0.05) is 40.4 Å². The van der Waals surface area contributed by atoms with Crippen LogP contribution in [0, 0.1) is 0 Å². The maximum atomic E-state index is 12.4. The van der Waals surface area contributed by atoms with Crippen LogP contribution < -0.4 is 4.90 Å². The monoisotopic (exact) mass is 445 g/mol. The Morgan fingerprint density at radius 2 is 2.07 bits per heavy atom. The van der Waals surface area contributed by atoms with Crippen LogP contribution in [0.2, 0.25) is 5.02 Å². The average molecular weight is 446 g/mol. The van der Waals surface area contributed by atoms with E-state index in [4.69, 9.17) is 21.3 Å². The minimum absolute atomic E-state index is 0.0953. The van der Waals surface area contributed by atoms with Gasteiger partial charge in [-0.15, -0.1) is 0 Å². The highest BCUT2D eigenvalue weighted by Crippen LogP contribution is 2.34. The molecular weight excluding hydrogens is 426 g/mol. The van der Waals surface area contributed by atoms with E-state index in [2.05, 4.69) is 21.8 Å². The van der Waals surface area contributed by atoms with Crippen molar-refractivity contribution in [2.45, 2.75) is 13.0 Å². The number of nitrogens with zero attached hydrogens (tertiary/aromatic N) is 4. The number of rotatable bonds is 3. The van der Waals surface area contributed by atoms with Gasteiger partial charge in [0.1, 0.15) is 5.82 Å². The Hall–Kier alpha value is -2.62. The highest BCUT2D eigenvalue weighted by Gasteiger charge is 2.26. The highest BCUT2D eigenvalue weighted by atomic mass is 35.5. The van der Waals surface area contributed by atoms with Crippen molar-refractivity contribution in [3.63, 3.8) is 0 Å². The quantitative estimate of drug-likeness (QED) is 0.520. The molecule has 1 atom stereocenters. The first-order valence-electron chi connectivity index (χ1n) is 9.54. The number of aromatic nitrogens is 4. The highest BCUT2D eigenvalue weighted by molar-refractivity contribution is 7.89. The SMILES string of the molecule is CC1COCCN1c1nc(-c2cc(Cl)cc3[nH]ccc23)nc2c1ccn2S(C)(=O)=O. The molecule has 0 amide bonds. The fourth-order valence-electron chi connectivity index (χ4n) is 3.94. The van der Waals surface area contributed by atoms with Crippen molar-refractivity contribution in [2.75, 3.05) is 30.9 Å². The van der Waals surface area contributed by atoms with Gasteiger partial charge in [-0.05, 0) is 31.2 Å². The molecule has 0 bridgehead atoms. The number of anilines is 1. The van der Waals surface area contributed by atoms with Crippen LogP contribution in [0.5, 0.6) is 0 Å². The van der Waals surface area contributed by atoms with E-state index in [1.807, 2.05) is 18.3 Å². The molecular formula is C20H20ClN5O3S. The minimum atomic E-state index is -3.53. The molecule has 4 aromatic rings. The zero-order valence-corrected chi connectivity index (χ0v) is 18.0. The number of ether oxygens (including phenoxy) is 1. The van der Waals surface area contributed by atoms with Crippen LogP contribution in [0.3, 0.4) is 0 Å². The lowest BCUT2D eigenvalue weighted by atomic mass is 10.1. The van der Waals surface area contributed by atoms with Crippen molar-refractivity contribution in [3.05, 3.63) is 41.7 Å². The van der Waals surface area contributed by atoms with Crippen LogP contribution >= 0.6 is 11.6 Å². The molecule has 1 aliphatic rings. The molecule has 30 heavy (non-hydrogen) atoms. The van der Waals surface area contributed by atoms with E-state index in [1.54, 1.807) is 12.1 Å². The van der Waals surface area contributed by atoms with E-state index in [9.17, 15) is 8.42 Å². The summed E-state index contributed by atoms with van der Waals surface area (Å²) in [6.45, 7) is 3.87. The first-order chi connectivity index (χ1) is 14.3. The number of fused-ring (bicyclic) bond motifs is 2. The Kier molecular flexibility index (Phi) is 4.49. The number of aromatic amines is 1. The maximum absolute atomic E-state index is 12.4. The summed E-state index contributed by atoms with van der Waals surface area (Å²) in [5, 5.41) is 2.14. The van der Waals surface area contributed by atoms with Crippen molar-refractivity contribution < 1.29 is 13.2 Å². The summed E-state index contributed by atoms with van der Waals surface area (Å²) in [6, 6.07) is 7.42. The van der Waals surface area contributed by atoms with Crippen LogP contribution in [0.1, 0.15) is 6.92 Å². The van der Waals surface area contributed by atoms with Crippen molar-refractivity contribution in [1.29, 1.82) is 0 Å². The first kappa shape index (κ1) is 19.3. The summed E-state index contributed by atoms with van der Waals surface area (Å²) in [5.41, 5.74) is 1.95. The number of nitrogens with one attached hydrogen (secondary N) is 1. The Morgan fingerprint density at radius 3 is 2.83 bits per heavy atom. The molecule has 1 fully saturated rings.